The maximum atomic E-state index is 13.1. The fraction of sp³-hybridized carbons (Fsp3) is 0.455. The molecule has 3 amide bonds. The SMILES string of the molecule is Cc1nn(C)c2c1NCC(C)N2Cc1ccc2c(c1)C(=O)N(C1CCC(=O)NC1=O)C2. The van der Waals surface area contributed by atoms with E-state index in [-0.39, 0.29) is 30.2 Å². The Labute approximate surface area is 180 Å². The van der Waals surface area contributed by atoms with E-state index < -0.39 is 6.04 Å². The number of fused-ring (bicyclic) bond motifs is 2. The van der Waals surface area contributed by atoms with Crippen LogP contribution in [0.1, 0.15) is 46.9 Å². The highest BCUT2D eigenvalue weighted by Gasteiger charge is 2.39. The highest BCUT2D eigenvalue weighted by atomic mass is 16.2. The monoisotopic (exact) mass is 422 g/mol. The van der Waals surface area contributed by atoms with Crippen LogP contribution in [0.3, 0.4) is 0 Å². The van der Waals surface area contributed by atoms with E-state index >= 15 is 0 Å². The highest BCUT2D eigenvalue weighted by molar-refractivity contribution is 6.05. The number of carbonyl (C=O) groups excluding carboxylic acids is 3. The zero-order valence-corrected chi connectivity index (χ0v) is 17.9. The molecule has 31 heavy (non-hydrogen) atoms. The number of rotatable bonds is 3. The number of nitrogens with one attached hydrogen (secondary N) is 2. The Morgan fingerprint density at radius 1 is 1.23 bits per heavy atom. The largest absolute Gasteiger partial charge is 0.378 e. The number of aromatic nitrogens is 2. The minimum atomic E-state index is -0.589. The van der Waals surface area contributed by atoms with Gasteiger partial charge in [-0.15, -0.1) is 0 Å². The van der Waals surface area contributed by atoms with E-state index in [1.54, 1.807) is 4.90 Å². The van der Waals surface area contributed by atoms with Crippen molar-refractivity contribution < 1.29 is 14.4 Å². The van der Waals surface area contributed by atoms with Crippen LogP contribution in [0.5, 0.6) is 0 Å². The Bertz CT molecular complexity index is 1110. The molecule has 5 rings (SSSR count). The number of hydrogen-bond acceptors (Lipinski definition) is 6. The molecular formula is C22H26N6O3. The molecule has 0 aliphatic carbocycles. The summed E-state index contributed by atoms with van der Waals surface area (Å²) >= 11 is 0. The summed E-state index contributed by atoms with van der Waals surface area (Å²) in [6.45, 7) is 6.05. The molecule has 2 atom stereocenters. The first kappa shape index (κ1) is 19.6. The van der Waals surface area contributed by atoms with Crippen LogP contribution in [-0.4, -0.2) is 51.0 Å². The summed E-state index contributed by atoms with van der Waals surface area (Å²) in [6.07, 6.45) is 0.632. The molecule has 2 unspecified atom stereocenters. The standard InChI is InChI=1S/C22H26N6O3/c1-12-9-23-19-13(2)25-26(3)21(19)27(12)10-14-4-5-15-11-28(22(31)16(15)8-14)17-6-7-18(29)24-20(17)30/h4-5,8,12,17,23H,6-7,9-11H2,1-3H3,(H,24,29,30). The molecule has 2 aromatic rings. The van der Waals surface area contributed by atoms with Crippen molar-refractivity contribution in [1.29, 1.82) is 0 Å². The molecule has 1 aromatic heterocycles. The number of aryl methyl sites for hydroxylation is 2. The van der Waals surface area contributed by atoms with Crippen molar-refractivity contribution in [3.8, 4) is 0 Å². The predicted octanol–water partition coefficient (Wildman–Crippen LogP) is 1.31. The van der Waals surface area contributed by atoms with E-state index in [0.29, 0.717) is 25.1 Å². The fourth-order valence-corrected chi connectivity index (χ4v) is 4.88. The molecule has 0 saturated carbocycles. The molecule has 2 N–H and O–H groups in total. The van der Waals surface area contributed by atoms with Crippen molar-refractivity contribution in [2.75, 3.05) is 16.8 Å². The van der Waals surface area contributed by atoms with Crippen LogP contribution in [0.15, 0.2) is 18.2 Å². The molecule has 9 nitrogen and oxygen atoms in total. The molecule has 162 valence electrons. The third kappa shape index (κ3) is 3.15. The lowest BCUT2D eigenvalue weighted by Crippen LogP contribution is -2.52. The highest BCUT2D eigenvalue weighted by Crippen LogP contribution is 2.35. The van der Waals surface area contributed by atoms with Gasteiger partial charge in [0, 0.05) is 44.7 Å². The Kier molecular flexibility index (Phi) is 4.49. The van der Waals surface area contributed by atoms with Crippen LogP contribution in [0.25, 0.3) is 0 Å². The van der Waals surface area contributed by atoms with Gasteiger partial charge >= 0.3 is 0 Å². The lowest BCUT2D eigenvalue weighted by molar-refractivity contribution is -0.136. The van der Waals surface area contributed by atoms with Crippen molar-refractivity contribution in [2.45, 2.75) is 51.9 Å². The summed E-state index contributed by atoms with van der Waals surface area (Å²) in [5, 5.41) is 10.4. The quantitative estimate of drug-likeness (QED) is 0.724. The van der Waals surface area contributed by atoms with E-state index in [1.807, 2.05) is 30.8 Å². The molecule has 9 heteroatoms. The normalized spacial score (nSPS) is 22.9. The van der Waals surface area contributed by atoms with E-state index in [2.05, 4.69) is 33.6 Å². The van der Waals surface area contributed by atoms with E-state index in [0.717, 1.165) is 34.9 Å². The predicted molar refractivity (Wildman–Crippen MR) is 115 cm³/mol. The Morgan fingerprint density at radius 3 is 2.81 bits per heavy atom. The number of imide groups is 1. The van der Waals surface area contributed by atoms with Crippen molar-refractivity contribution in [3.05, 3.63) is 40.6 Å². The zero-order chi connectivity index (χ0) is 21.9. The van der Waals surface area contributed by atoms with Gasteiger partial charge in [-0.3, -0.25) is 24.4 Å². The first-order valence-corrected chi connectivity index (χ1v) is 10.6. The third-order valence-corrected chi connectivity index (χ3v) is 6.52. The number of piperidine rings is 1. The third-order valence-electron chi connectivity index (χ3n) is 6.52. The summed E-state index contributed by atoms with van der Waals surface area (Å²) in [7, 11) is 1.95. The minimum absolute atomic E-state index is 0.142. The molecule has 3 aliphatic heterocycles. The van der Waals surface area contributed by atoms with Gasteiger partial charge in [-0.1, -0.05) is 12.1 Å². The van der Waals surface area contributed by atoms with Crippen LogP contribution in [0, 0.1) is 6.92 Å². The topological polar surface area (TPSA) is 99.6 Å². The molecular weight excluding hydrogens is 396 g/mol. The second kappa shape index (κ2) is 7.11. The lowest BCUT2D eigenvalue weighted by Gasteiger charge is -2.36. The average Bonchev–Trinajstić information content (AvgIpc) is 3.20. The molecule has 4 heterocycles. The first-order valence-electron chi connectivity index (χ1n) is 10.6. The number of carbonyl (C=O) groups is 3. The molecule has 1 aromatic carbocycles. The molecule has 0 spiro atoms. The van der Waals surface area contributed by atoms with E-state index in [4.69, 9.17) is 0 Å². The van der Waals surface area contributed by atoms with Crippen molar-refractivity contribution in [2.24, 2.45) is 7.05 Å². The Morgan fingerprint density at radius 2 is 2.03 bits per heavy atom. The van der Waals surface area contributed by atoms with Crippen LogP contribution < -0.4 is 15.5 Å². The van der Waals surface area contributed by atoms with Crippen LogP contribution in [0.2, 0.25) is 0 Å². The maximum absolute atomic E-state index is 13.1. The van der Waals surface area contributed by atoms with Crippen LogP contribution in [0.4, 0.5) is 11.5 Å². The number of nitrogens with zero attached hydrogens (tertiary/aromatic N) is 4. The summed E-state index contributed by atoms with van der Waals surface area (Å²) in [4.78, 5) is 40.7. The van der Waals surface area contributed by atoms with Gasteiger partial charge in [0.25, 0.3) is 5.91 Å². The van der Waals surface area contributed by atoms with Gasteiger partial charge in [0.15, 0.2) is 5.82 Å². The fourth-order valence-electron chi connectivity index (χ4n) is 4.88. The van der Waals surface area contributed by atoms with Gasteiger partial charge in [-0.25, -0.2) is 0 Å². The van der Waals surface area contributed by atoms with Gasteiger partial charge in [0.2, 0.25) is 11.8 Å². The van der Waals surface area contributed by atoms with Gasteiger partial charge in [0.1, 0.15) is 11.7 Å². The number of amides is 3. The van der Waals surface area contributed by atoms with Crippen molar-refractivity contribution in [1.82, 2.24) is 20.0 Å². The first-order chi connectivity index (χ1) is 14.8. The van der Waals surface area contributed by atoms with Gasteiger partial charge in [-0.05, 0) is 37.5 Å². The van der Waals surface area contributed by atoms with Gasteiger partial charge in [-0.2, -0.15) is 5.10 Å². The summed E-state index contributed by atoms with van der Waals surface area (Å²) in [5.74, 6) is 0.249. The summed E-state index contributed by atoms with van der Waals surface area (Å²) < 4.78 is 1.90. The average molecular weight is 422 g/mol. The number of hydrogen-bond donors (Lipinski definition) is 2. The molecule has 1 saturated heterocycles. The van der Waals surface area contributed by atoms with Crippen LogP contribution >= 0.6 is 0 Å². The molecule has 3 aliphatic rings. The number of benzene rings is 1. The lowest BCUT2D eigenvalue weighted by atomic mass is 10.0. The molecule has 0 bridgehead atoms. The van der Waals surface area contributed by atoms with E-state index in [1.165, 1.54) is 0 Å². The van der Waals surface area contributed by atoms with Crippen LogP contribution in [-0.2, 0) is 29.7 Å². The smallest absolute Gasteiger partial charge is 0.255 e. The van der Waals surface area contributed by atoms with Crippen molar-refractivity contribution >= 4 is 29.2 Å². The zero-order valence-electron chi connectivity index (χ0n) is 17.9. The Hall–Kier alpha value is -3.36. The van der Waals surface area contributed by atoms with Gasteiger partial charge < -0.3 is 15.1 Å². The number of anilines is 2. The molecule has 0 radical (unpaired) electrons. The Balaban J connectivity index is 1.40. The molecule has 1 fully saturated rings. The van der Waals surface area contributed by atoms with Gasteiger partial charge in [0.05, 0.1) is 5.69 Å². The summed E-state index contributed by atoms with van der Waals surface area (Å²) in [5.41, 5.74) is 4.63. The maximum Gasteiger partial charge on any atom is 0.255 e. The minimum Gasteiger partial charge on any atom is -0.378 e. The second-order valence-electron chi connectivity index (χ2n) is 8.66. The summed E-state index contributed by atoms with van der Waals surface area (Å²) in [6, 6.07) is 5.66. The second-order valence-corrected chi connectivity index (χ2v) is 8.66. The van der Waals surface area contributed by atoms with E-state index in [9.17, 15) is 14.4 Å². The van der Waals surface area contributed by atoms with Crippen molar-refractivity contribution in [3.63, 3.8) is 0 Å².